The second-order valence-corrected chi connectivity index (χ2v) is 10.0. The summed E-state index contributed by atoms with van der Waals surface area (Å²) in [5, 5.41) is 5.31. The van der Waals surface area contributed by atoms with Crippen molar-refractivity contribution in [3.8, 4) is 22.8 Å². The van der Waals surface area contributed by atoms with E-state index in [0.29, 0.717) is 38.8 Å². The van der Waals surface area contributed by atoms with Gasteiger partial charge in [-0.15, -0.1) is 11.3 Å². The Kier molecular flexibility index (Phi) is 6.61. The summed E-state index contributed by atoms with van der Waals surface area (Å²) in [5.74, 6) is 1.05. The third kappa shape index (κ3) is 4.98. The predicted octanol–water partition coefficient (Wildman–Crippen LogP) is 5.16. The number of nitrogens with zero attached hydrogens (tertiary/aromatic N) is 2. The first-order chi connectivity index (χ1) is 16.6. The van der Waals surface area contributed by atoms with Gasteiger partial charge in [-0.25, -0.2) is 4.98 Å². The lowest BCUT2D eigenvalue weighted by Gasteiger charge is -2.13. The van der Waals surface area contributed by atoms with Crippen LogP contribution in [0.15, 0.2) is 58.8 Å². The molecule has 3 aromatic rings. The minimum absolute atomic E-state index is 0.143. The lowest BCUT2D eigenvalue weighted by atomic mass is 10.2. The van der Waals surface area contributed by atoms with Crippen LogP contribution in [0.1, 0.15) is 18.4 Å². The molecule has 1 N–H and O–H groups in total. The van der Waals surface area contributed by atoms with Crippen LogP contribution in [-0.2, 0) is 9.59 Å². The van der Waals surface area contributed by atoms with Crippen LogP contribution in [0.4, 0.5) is 5.13 Å². The SMILES string of the molecule is O=C(CCCN1C(=O)C(=Cc2ccc3c(c2)OCO3)SC1=S)Nc1nc(-c2ccccc2)cs1. The average molecular weight is 510 g/mol. The zero-order valence-electron chi connectivity index (χ0n) is 17.9. The van der Waals surface area contributed by atoms with Crippen LogP contribution in [0.3, 0.4) is 0 Å². The Labute approximate surface area is 209 Å². The van der Waals surface area contributed by atoms with Crippen LogP contribution in [0.2, 0.25) is 0 Å². The molecule has 3 heterocycles. The summed E-state index contributed by atoms with van der Waals surface area (Å²) in [7, 11) is 0. The fourth-order valence-electron chi connectivity index (χ4n) is 3.50. The van der Waals surface area contributed by atoms with Gasteiger partial charge in [0.1, 0.15) is 4.32 Å². The number of benzene rings is 2. The van der Waals surface area contributed by atoms with Crippen molar-refractivity contribution in [1.82, 2.24) is 9.88 Å². The minimum Gasteiger partial charge on any atom is -0.454 e. The van der Waals surface area contributed by atoms with Crippen molar-refractivity contribution < 1.29 is 19.1 Å². The average Bonchev–Trinajstić information content (AvgIpc) is 3.56. The van der Waals surface area contributed by atoms with Crippen LogP contribution in [-0.4, -0.2) is 39.4 Å². The molecule has 0 unspecified atom stereocenters. The van der Waals surface area contributed by atoms with Crippen LogP contribution < -0.4 is 14.8 Å². The van der Waals surface area contributed by atoms with Gasteiger partial charge in [0, 0.05) is 23.9 Å². The van der Waals surface area contributed by atoms with Gasteiger partial charge in [0.2, 0.25) is 12.7 Å². The highest BCUT2D eigenvalue weighted by molar-refractivity contribution is 8.26. The number of amides is 2. The molecule has 34 heavy (non-hydrogen) atoms. The van der Waals surface area contributed by atoms with Crippen molar-refractivity contribution in [2.75, 3.05) is 18.7 Å². The minimum atomic E-state index is -0.152. The molecule has 0 saturated carbocycles. The van der Waals surface area contributed by atoms with Gasteiger partial charge in [0.15, 0.2) is 16.6 Å². The van der Waals surface area contributed by atoms with E-state index in [4.69, 9.17) is 21.7 Å². The van der Waals surface area contributed by atoms with E-state index in [1.54, 1.807) is 11.0 Å². The lowest BCUT2D eigenvalue weighted by molar-refractivity contribution is -0.122. The molecule has 2 amide bonds. The van der Waals surface area contributed by atoms with Crippen LogP contribution in [0.25, 0.3) is 17.3 Å². The summed E-state index contributed by atoms with van der Waals surface area (Å²) in [6, 6.07) is 15.3. The van der Waals surface area contributed by atoms with Gasteiger partial charge in [-0.2, -0.15) is 0 Å². The van der Waals surface area contributed by atoms with E-state index >= 15 is 0 Å². The molecule has 1 aromatic heterocycles. The molecule has 0 spiro atoms. The number of thiazole rings is 1. The molecule has 2 aliphatic heterocycles. The molecule has 2 aromatic carbocycles. The summed E-state index contributed by atoms with van der Waals surface area (Å²) >= 11 is 8.04. The second kappa shape index (κ2) is 9.96. The molecule has 0 bridgehead atoms. The first-order valence-electron chi connectivity index (χ1n) is 10.5. The predicted molar refractivity (Wildman–Crippen MR) is 138 cm³/mol. The summed E-state index contributed by atoms with van der Waals surface area (Å²) in [4.78, 5) is 31.8. The summed E-state index contributed by atoms with van der Waals surface area (Å²) in [5.41, 5.74) is 2.66. The third-order valence-corrected chi connectivity index (χ3v) is 7.31. The quantitative estimate of drug-likeness (QED) is 0.348. The second-order valence-electron chi connectivity index (χ2n) is 7.50. The lowest BCUT2D eigenvalue weighted by Crippen LogP contribution is -2.29. The van der Waals surface area contributed by atoms with Gasteiger partial charge in [0.25, 0.3) is 5.91 Å². The van der Waals surface area contributed by atoms with Crippen molar-refractivity contribution in [3.63, 3.8) is 0 Å². The van der Waals surface area contributed by atoms with Gasteiger partial charge < -0.3 is 14.8 Å². The molecule has 7 nitrogen and oxygen atoms in total. The molecule has 5 rings (SSSR count). The van der Waals surface area contributed by atoms with Crippen LogP contribution in [0, 0.1) is 0 Å². The number of thioether (sulfide) groups is 1. The van der Waals surface area contributed by atoms with Gasteiger partial charge in [0.05, 0.1) is 10.6 Å². The maximum atomic E-state index is 12.8. The maximum absolute atomic E-state index is 12.8. The molecule has 172 valence electrons. The number of anilines is 1. The number of thiocarbonyl (C=S) groups is 1. The Morgan fingerprint density at radius 2 is 2.00 bits per heavy atom. The third-order valence-electron chi connectivity index (χ3n) is 5.17. The van der Waals surface area contributed by atoms with Gasteiger partial charge in [-0.05, 0) is 30.2 Å². The molecule has 2 aliphatic rings. The van der Waals surface area contributed by atoms with Gasteiger partial charge in [-0.3, -0.25) is 14.5 Å². The van der Waals surface area contributed by atoms with Crippen molar-refractivity contribution in [2.24, 2.45) is 0 Å². The standard InChI is InChI=1S/C24H19N3O4S3/c28-21(26-23-25-17(13-33-23)16-5-2-1-3-6-16)7-4-10-27-22(29)20(34-24(27)32)12-15-8-9-18-19(11-15)31-14-30-18/h1-3,5-6,8-9,11-13H,4,7,10,14H2,(H,25,26,28). The Morgan fingerprint density at radius 1 is 1.18 bits per heavy atom. The monoisotopic (exact) mass is 509 g/mol. The number of aromatic nitrogens is 1. The highest BCUT2D eigenvalue weighted by atomic mass is 32.2. The van der Waals surface area contributed by atoms with E-state index in [2.05, 4.69) is 10.3 Å². The van der Waals surface area contributed by atoms with Crippen LogP contribution in [0.5, 0.6) is 11.5 Å². The van der Waals surface area contributed by atoms with Crippen LogP contribution >= 0.6 is 35.3 Å². The Balaban J connectivity index is 1.13. The smallest absolute Gasteiger partial charge is 0.266 e. The number of carbonyl (C=O) groups is 2. The fraction of sp³-hybridized carbons (Fsp3) is 0.167. The van der Waals surface area contributed by atoms with E-state index in [1.165, 1.54) is 23.1 Å². The summed E-state index contributed by atoms with van der Waals surface area (Å²) in [6.45, 7) is 0.578. The molecule has 0 atom stereocenters. The highest BCUT2D eigenvalue weighted by Gasteiger charge is 2.31. The van der Waals surface area contributed by atoms with Crippen molar-refractivity contribution >= 4 is 62.7 Å². The van der Waals surface area contributed by atoms with E-state index in [1.807, 2.05) is 53.9 Å². The van der Waals surface area contributed by atoms with Gasteiger partial charge in [-0.1, -0.05) is 60.4 Å². The molecular weight excluding hydrogens is 490 g/mol. The number of rotatable bonds is 7. The van der Waals surface area contributed by atoms with Gasteiger partial charge >= 0.3 is 0 Å². The number of hydrogen-bond acceptors (Lipinski definition) is 8. The van der Waals surface area contributed by atoms with E-state index in [0.717, 1.165) is 16.8 Å². The molecule has 0 aliphatic carbocycles. The largest absolute Gasteiger partial charge is 0.454 e. The topological polar surface area (TPSA) is 80.8 Å². The summed E-state index contributed by atoms with van der Waals surface area (Å²) < 4.78 is 11.2. The van der Waals surface area contributed by atoms with Crippen molar-refractivity contribution in [1.29, 1.82) is 0 Å². The Hall–Kier alpha value is -3.21. The van der Waals surface area contributed by atoms with E-state index in [9.17, 15) is 9.59 Å². The zero-order chi connectivity index (χ0) is 23.5. The molecule has 0 radical (unpaired) electrons. The number of fused-ring (bicyclic) bond motifs is 1. The van der Waals surface area contributed by atoms with Crippen molar-refractivity contribution in [3.05, 3.63) is 64.4 Å². The Morgan fingerprint density at radius 3 is 2.85 bits per heavy atom. The molecule has 1 fully saturated rings. The fourth-order valence-corrected chi connectivity index (χ4v) is 5.54. The number of ether oxygens (including phenoxy) is 2. The summed E-state index contributed by atoms with van der Waals surface area (Å²) in [6.07, 6.45) is 2.55. The first kappa shape index (κ1) is 22.6. The first-order valence-corrected chi connectivity index (χ1v) is 12.6. The number of hydrogen-bond donors (Lipinski definition) is 1. The molecule has 1 saturated heterocycles. The highest BCUT2D eigenvalue weighted by Crippen LogP contribution is 2.36. The maximum Gasteiger partial charge on any atom is 0.266 e. The number of carbonyl (C=O) groups excluding carboxylic acids is 2. The Bertz CT molecular complexity index is 1290. The number of nitrogens with one attached hydrogen (secondary N) is 1. The van der Waals surface area contributed by atoms with Crippen molar-refractivity contribution in [2.45, 2.75) is 12.8 Å². The zero-order valence-corrected chi connectivity index (χ0v) is 20.3. The molecule has 10 heteroatoms. The van der Waals surface area contributed by atoms with E-state index in [-0.39, 0.29) is 25.0 Å². The van der Waals surface area contributed by atoms with E-state index < -0.39 is 0 Å². The molecular formula is C24H19N3O4S3. The normalized spacial score (nSPS) is 15.9.